The lowest BCUT2D eigenvalue weighted by molar-refractivity contribution is -0.143. The highest BCUT2D eigenvalue weighted by molar-refractivity contribution is 9.10. The molecule has 36 heavy (non-hydrogen) atoms. The number of ether oxygens (including phenoxy) is 3. The van der Waals surface area contributed by atoms with Crippen molar-refractivity contribution in [1.29, 1.82) is 0 Å². The van der Waals surface area contributed by atoms with Crippen LogP contribution < -0.4 is 25.4 Å². The summed E-state index contributed by atoms with van der Waals surface area (Å²) in [6, 6.07) is 6.78. The van der Waals surface area contributed by atoms with E-state index in [1.165, 1.54) is 26.4 Å². The van der Waals surface area contributed by atoms with Crippen LogP contribution in [0.15, 0.2) is 52.1 Å². The molecule has 3 rings (SSSR count). The molecule has 1 amide bonds. The van der Waals surface area contributed by atoms with Crippen LogP contribution in [0, 0.1) is 0 Å². The molecule has 0 radical (unpaired) electrons. The molecular weight excluding hydrogens is 567 g/mol. The first-order chi connectivity index (χ1) is 16.9. The Morgan fingerprint density at radius 1 is 1.19 bits per heavy atom. The number of methoxy groups -OCH3 is 2. The molecule has 0 saturated heterocycles. The average Bonchev–Trinajstić information content (AvgIpc) is 2.81. The number of benzene rings is 2. The van der Waals surface area contributed by atoms with E-state index in [9.17, 15) is 22.8 Å². The van der Waals surface area contributed by atoms with Crippen molar-refractivity contribution in [2.45, 2.75) is 19.1 Å². The zero-order valence-electron chi connectivity index (χ0n) is 19.2. The number of hydrogen-bond acceptors (Lipinski definition) is 6. The second-order valence-corrected chi connectivity index (χ2v) is 8.76. The minimum atomic E-state index is -4.56. The summed E-state index contributed by atoms with van der Waals surface area (Å²) in [7, 11) is 2.63. The van der Waals surface area contributed by atoms with Crippen LogP contribution in [0.1, 0.15) is 24.1 Å². The third-order valence-corrected chi connectivity index (χ3v) is 5.92. The van der Waals surface area contributed by atoms with Gasteiger partial charge in [-0.05, 0) is 71.0 Å². The van der Waals surface area contributed by atoms with E-state index in [1.807, 2.05) is 0 Å². The van der Waals surface area contributed by atoms with Crippen molar-refractivity contribution in [1.82, 2.24) is 10.6 Å². The van der Waals surface area contributed by atoms with Crippen LogP contribution in [-0.4, -0.2) is 37.8 Å². The zero-order valence-corrected chi connectivity index (χ0v) is 21.6. The third kappa shape index (κ3) is 6.26. The number of alkyl halides is 3. The van der Waals surface area contributed by atoms with Gasteiger partial charge in [-0.3, -0.25) is 4.79 Å². The largest absolute Gasteiger partial charge is 0.493 e. The van der Waals surface area contributed by atoms with Gasteiger partial charge in [0.05, 0.1) is 35.9 Å². The van der Waals surface area contributed by atoms with Crippen LogP contribution in [-0.2, 0) is 20.5 Å². The molecule has 2 aromatic rings. The van der Waals surface area contributed by atoms with Crippen LogP contribution in [0.5, 0.6) is 11.5 Å². The molecule has 2 aromatic carbocycles. The van der Waals surface area contributed by atoms with Crippen molar-refractivity contribution in [3.05, 3.63) is 63.3 Å². The smallest absolute Gasteiger partial charge is 0.416 e. The number of carbonyl (C=O) groups is 2. The molecule has 1 heterocycles. The second-order valence-electron chi connectivity index (χ2n) is 7.50. The van der Waals surface area contributed by atoms with Gasteiger partial charge in [0.1, 0.15) is 0 Å². The molecule has 0 aromatic heterocycles. The number of amides is 1. The van der Waals surface area contributed by atoms with Crippen molar-refractivity contribution in [3.63, 3.8) is 0 Å². The number of allylic oxidation sites excluding steroid dienone is 1. The molecule has 1 atom stereocenters. The van der Waals surface area contributed by atoms with Gasteiger partial charge < -0.3 is 30.2 Å². The molecule has 0 saturated carbocycles. The van der Waals surface area contributed by atoms with Gasteiger partial charge in [-0.25, -0.2) is 4.79 Å². The number of thiocarbonyl (C=S) groups is 1. The fraction of sp³-hybridized carbons (Fsp3) is 0.261. The second kappa shape index (κ2) is 11.2. The summed E-state index contributed by atoms with van der Waals surface area (Å²) < 4.78 is 55.2. The highest BCUT2D eigenvalue weighted by Crippen LogP contribution is 2.40. The number of anilines is 1. The lowest BCUT2D eigenvalue weighted by Gasteiger charge is -2.31. The molecule has 0 unspecified atom stereocenters. The van der Waals surface area contributed by atoms with Crippen LogP contribution in [0.25, 0.3) is 0 Å². The summed E-state index contributed by atoms with van der Waals surface area (Å²) in [5.41, 5.74) is 0.223. The molecule has 0 bridgehead atoms. The van der Waals surface area contributed by atoms with E-state index in [0.717, 1.165) is 12.1 Å². The highest BCUT2D eigenvalue weighted by atomic mass is 79.9. The van der Waals surface area contributed by atoms with E-state index in [2.05, 4.69) is 36.6 Å². The number of halogens is 4. The highest BCUT2D eigenvalue weighted by Gasteiger charge is 2.33. The number of nitrogens with one attached hydrogen (secondary N) is 3. The molecule has 192 valence electrons. The van der Waals surface area contributed by atoms with Crippen molar-refractivity contribution < 1.29 is 37.0 Å². The Morgan fingerprint density at radius 3 is 2.56 bits per heavy atom. The molecular formula is C23H21BrF3N3O5S. The first kappa shape index (κ1) is 27.3. The van der Waals surface area contributed by atoms with E-state index < -0.39 is 29.7 Å². The third-order valence-electron chi connectivity index (χ3n) is 5.11. The summed E-state index contributed by atoms with van der Waals surface area (Å²) in [5, 5.41) is 8.64. The predicted molar refractivity (Wildman–Crippen MR) is 133 cm³/mol. The van der Waals surface area contributed by atoms with Crippen molar-refractivity contribution >= 4 is 50.8 Å². The Labute approximate surface area is 218 Å². The Hall–Kier alpha value is -3.32. The predicted octanol–water partition coefficient (Wildman–Crippen LogP) is 4.46. The molecule has 8 nitrogen and oxygen atoms in total. The van der Waals surface area contributed by atoms with Crippen LogP contribution in [0.4, 0.5) is 18.9 Å². The number of carbonyl (C=O) groups excluding carboxylic acids is 2. The molecule has 3 N–H and O–H groups in total. The lowest BCUT2D eigenvalue weighted by Crippen LogP contribution is -2.45. The lowest BCUT2D eigenvalue weighted by atomic mass is 9.94. The molecule has 1 aliphatic rings. The van der Waals surface area contributed by atoms with Crippen molar-refractivity contribution in [3.8, 4) is 11.5 Å². The first-order valence-electron chi connectivity index (χ1n) is 10.3. The number of rotatable bonds is 7. The topological polar surface area (TPSA) is 97.9 Å². The van der Waals surface area contributed by atoms with Crippen molar-refractivity contribution in [2.24, 2.45) is 0 Å². The SMILES string of the molecule is COC(=O)COc1c(Br)cc([C@@H]2NC(=S)NC(C)=C2C(=O)Nc2cccc(C(F)(F)F)c2)cc1OC. The van der Waals surface area contributed by atoms with E-state index >= 15 is 0 Å². The van der Waals surface area contributed by atoms with Crippen LogP contribution in [0.3, 0.4) is 0 Å². The molecule has 13 heteroatoms. The van der Waals surface area contributed by atoms with E-state index in [1.54, 1.807) is 19.1 Å². The molecule has 1 aliphatic heterocycles. The van der Waals surface area contributed by atoms with Gasteiger partial charge >= 0.3 is 12.1 Å². The van der Waals surface area contributed by atoms with Crippen LogP contribution >= 0.6 is 28.1 Å². The quantitative estimate of drug-likeness (QED) is 0.323. The van der Waals surface area contributed by atoms with Gasteiger partial charge in [-0.15, -0.1) is 0 Å². The Bertz CT molecular complexity index is 1240. The maximum atomic E-state index is 13.3. The first-order valence-corrected chi connectivity index (χ1v) is 11.5. The molecule has 0 aliphatic carbocycles. The molecule has 0 fully saturated rings. The minimum Gasteiger partial charge on any atom is -0.493 e. The maximum absolute atomic E-state index is 13.3. The Kier molecular flexibility index (Phi) is 8.46. The maximum Gasteiger partial charge on any atom is 0.416 e. The summed E-state index contributed by atoms with van der Waals surface area (Å²) in [6.45, 7) is 1.27. The van der Waals surface area contributed by atoms with Gasteiger partial charge in [-0.1, -0.05) is 6.07 Å². The van der Waals surface area contributed by atoms with E-state index in [-0.39, 0.29) is 34.5 Å². The zero-order chi connectivity index (χ0) is 26.6. The summed E-state index contributed by atoms with van der Waals surface area (Å²) in [6.07, 6.45) is -4.56. The van der Waals surface area contributed by atoms with E-state index in [0.29, 0.717) is 15.7 Å². The fourth-order valence-corrected chi connectivity index (χ4v) is 4.30. The summed E-state index contributed by atoms with van der Waals surface area (Å²) in [4.78, 5) is 24.7. The monoisotopic (exact) mass is 587 g/mol. The van der Waals surface area contributed by atoms with Gasteiger partial charge in [0, 0.05) is 11.4 Å². The average molecular weight is 588 g/mol. The van der Waals surface area contributed by atoms with Gasteiger partial charge in [-0.2, -0.15) is 13.2 Å². The normalized spacial score (nSPS) is 15.5. The van der Waals surface area contributed by atoms with Gasteiger partial charge in [0.15, 0.2) is 23.2 Å². The number of hydrogen-bond donors (Lipinski definition) is 3. The van der Waals surface area contributed by atoms with E-state index in [4.69, 9.17) is 21.7 Å². The summed E-state index contributed by atoms with van der Waals surface area (Å²) in [5.74, 6) is -0.741. The molecule has 0 spiro atoms. The summed E-state index contributed by atoms with van der Waals surface area (Å²) >= 11 is 8.65. The van der Waals surface area contributed by atoms with Gasteiger partial charge in [0.25, 0.3) is 5.91 Å². The standard InChI is InChI=1S/C23H21BrF3N3O5S/c1-11-18(21(32)29-14-6-4-5-13(9-14)23(25,26)27)19(30-22(36)28-11)12-7-15(24)20(16(8-12)33-2)35-10-17(31)34-3/h4-9,19H,10H2,1-3H3,(H,29,32)(H2,28,30,36)/t19-/m0/s1. The van der Waals surface area contributed by atoms with Crippen molar-refractivity contribution in [2.75, 3.05) is 26.1 Å². The van der Waals surface area contributed by atoms with Gasteiger partial charge in [0.2, 0.25) is 0 Å². The number of esters is 1. The minimum absolute atomic E-state index is 0.0210. The van der Waals surface area contributed by atoms with Crippen LogP contribution in [0.2, 0.25) is 0 Å². The Balaban J connectivity index is 1.96. The fourth-order valence-electron chi connectivity index (χ4n) is 3.45. The Morgan fingerprint density at radius 2 is 1.92 bits per heavy atom.